The van der Waals surface area contributed by atoms with E-state index < -0.39 is 21.4 Å². The van der Waals surface area contributed by atoms with Crippen molar-refractivity contribution in [3.8, 4) is 5.75 Å². The van der Waals surface area contributed by atoms with Gasteiger partial charge in [0.1, 0.15) is 5.75 Å². The highest BCUT2D eigenvalue weighted by Crippen LogP contribution is 2.38. The zero-order valence-electron chi connectivity index (χ0n) is 26.6. The summed E-state index contributed by atoms with van der Waals surface area (Å²) in [6.45, 7) is 12.4. The van der Waals surface area contributed by atoms with E-state index >= 15 is 0 Å². The van der Waals surface area contributed by atoms with Crippen molar-refractivity contribution in [3.05, 3.63) is 35.2 Å². The number of anilines is 3. The predicted molar refractivity (Wildman–Crippen MR) is 170 cm³/mol. The zero-order valence-corrected chi connectivity index (χ0v) is 27.4. The number of aryl methyl sites for hydroxylation is 1. The van der Waals surface area contributed by atoms with Crippen molar-refractivity contribution in [1.82, 2.24) is 19.2 Å². The molecular weight excluding hydrogens is 577 g/mol. The minimum absolute atomic E-state index is 0.0639. The maximum absolute atomic E-state index is 14.1. The number of benzene rings is 1. The van der Waals surface area contributed by atoms with Gasteiger partial charge in [0.25, 0.3) is 0 Å². The van der Waals surface area contributed by atoms with Gasteiger partial charge in [0.05, 0.1) is 24.1 Å². The average molecular weight is 625 g/mol. The van der Waals surface area contributed by atoms with Crippen LogP contribution in [0, 0.1) is 12.8 Å². The first-order valence-electron chi connectivity index (χ1n) is 14.9. The molecule has 1 unspecified atom stereocenters. The third kappa shape index (κ3) is 7.94. The van der Waals surface area contributed by atoms with Crippen LogP contribution < -0.4 is 15.0 Å². The lowest BCUT2D eigenvalue weighted by Crippen LogP contribution is -2.53. The maximum atomic E-state index is 14.1. The van der Waals surface area contributed by atoms with Crippen molar-refractivity contribution in [2.45, 2.75) is 77.6 Å². The summed E-state index contributed by atoms with van der Waals surface area (Å²) in [6, 6.07) is 3.76. The molecule has 1 aromatic carbocycles. The second kappa shape index (κ2) is 12.8. The van der Waals surface area contributed by atoms with Gasteiger partial charge in [0, 0.05) is 71.7 Å². The molecule has 1 aliphatic heterocycles. The van der Waals surface area contributed by atoms with Crippen molar-refractivity contribution in [2.75, 3.05) is 56.8 Å². The molecule has 43 heavy (non-hydrogen) atoms. The summed E-state index contributed by atoms with van der Waals surface area (Å²) in [5.74, 6) is 4.29. The number of hydrogen-bond donors (Lipinski definition) is 1. The number of halogens is 3. The summed E-state index contributed by atoms with van der Waals surface area (Å²) < 4.78 is 62.4. The number of rotatable bonds is 8. The van der Waals surface area contributed by atoms with Crippen LogP contribution >= 0.6 is 0 Å². The number of nitrogens with zero attached hydrogens (tertiary/aromatic N) is 5. The first-order valence-corrected chi connectivity index (χ1v) is 17.0. The number of ether oxygens (including phenoxy) is 1. The van der Waals surface area contributed by atoms with Crippen molar-refractivity contribution in [2.24, 2.45) is 5.92 Å². The van der Waals surface area contributed by atoms with Crippen molar-refractivity contribution >= 4 is 32.9 Å². The molecular formula is C31H47F3N6O2S. The third-order valence-corrected chi connectivity index (χ3v) is 10.4. The van der Waals surface area contributed by atoms with Gasteiger partial charge in [-0.15, -0.1) is 0 Å². The van der Waals surface area contributed by atoms with Crippen molar-refractivity contribution in [1.29, 1.82) is 0 Å². The molecule has 2 fully saturated rings. The van der Waals surface area contributed by atoms with Crippen LogP contribution in [0.1, 0.15) is 63.3 Å². The lowest BCUT2D eigenvalue weighted by molar-refractivity contribution is -0.138. The second-order valence-electron chi connectivity index (χ2n) is 13.0. The molecule has 4 rings (SSSR count). The normalized spacial score (nSPS) is 22.0. The van der Waals surface area contributed by atoms with Crippen molar-refractivity contribution < 1.29 is 22.1 Å². The van der Waals surface area contributed by atoms with E-state index in [1.165, 1.54) is 0 Å². The van der Waals surface area contributed by atoms with E-state index in [9.17, 15) is 17.4 Å². The predicted octanol–water partition coefficient (Wildman–Crippen LogP) is 5.77. The van der Waals surface area contributed by atoms with Gasteiger partial charge in [-0.1, -0.05) is 12.8 Å². The SMILES string of the molecule is C=S(C)(=O)N(C)[C@@H]1CCCC[C@H]1Cc1nc(Nc2cc(C)c(N3CCN(C(C)(C)C)CC3)cc2OC)ncc1C(F)(F)F. The molecule has 240 valence electrons. The molecule has 2 heterocycles. The molecule has 0 spiro atoms. The monoisotopic (exact) mass is 624 g/mol. The average Bonchev–Trinajstić information content (AvgIpc) is 2.92. The summed E-state index contributed by atoms with van der Waals surface area (Å²) in [4.78, 5) is 13.3. The van der Waals surface area contributed by atoms with E-state index in [-0.39, 0.29) is 35.6 Å². The van der Waals surface area contributed by atoms with Crippen LogP contribution in [0.2, 0.25) is 0 Å². The highest BCUT2D eigenvalue weighted by Gasteiger charge is 2.38. The molecule has 1 N–H and O–H groups in total. The Hall–Kier alpha value is -2.57. The van der Waals surface area contributed by atoms with Crippen LogP contribution in [0.4, 0.5) is 30.5 Å². The molecule has 1 saturated carbocycles. The van der Waals surface area contributed by atoms with Crippen LogP contribution in [-0.2, 0) is 22.3 Å². The number of piperazine rings is 1. The summed E-state index contributed by atoms with van der Waals surface area (Å²) in [5.41, 5.74) is 1.88. The Bertz CT molecular complexity index is 1390. The summed E-state index contributed by atoms with van der Waals surface area (Å²) in [7, 11) is 0.821. The number of aromatic nitrogens is 2. The van der Waals surface area contributed by atoms with E-state index in [1.807, 2.05) is 19.1 Å². The first kappa shape index (κ1) is 33.3. The smallest absolute Gasteiger partial charge is 0.419 e. The molecule has 0 bridgehead atoms. The lowest BCUT2D eigenvalue weighted by atomic mass is 9.81. The Morgan fingerprint density at radius 2 is 1.79 bits per heavy atom. The molecule has 0 radical (unpaired) electrons. The van der Waals surface area contributed by atoms with Gasteiger partial charge >= 0.3 is 6.18 Å². The number of hydrogen-bond acceptors (Lipinski definition) is 7. The molecule has 1 aromatic heterocycles. The van der Waals surface area contributed by atoms with Gasteiger partial charge in [-0.2, -0.15) is 13.2 Å². The fourth-order valence-corrected chi connectivity index (χ4v) is 7.18. The quantitative estimate of drug-likeness (QED) is 0.374. The molecule has 2 aliphatic rings. The molecule has 12 heteroatoms. The van der Waals surface area contributed by atoms with Gasteiger partial charge < -0.3 is 15.0 Å². The van der Waals surface area contributed by atoms with Gasteiger partial charge in [-0.05, 0) is 77.4 Å². The highest BCUT2D eigenvalue weighted by molar-refractivity contribution is 7.97. The first-order chi connectivity index (χ1) is 20.0. The molecule has 1 saturated heterocycles. The Balaban J connectivity index is 1.60. The zero-order chi connectivity index (χ0) is 31.7. The molecule has 8 nitrogen and oxygen atoms in total. The van der Waals surface area contributed by atoms with Crippen LogP contribution in [0.3, 0.4) is 0 Å². The van der Waals surface area contributed by atoms with E-state index in [4.69, 9.17) is 4.74 Å². The van der Waals surface area contributed by atoms with E-state index in [0.717, 1.165) is 69.3 Å². The Morgan fingerprint density at radius 3 is 2.37 bits per heavy atom. The van der Waals surface area contributed by atoms with Crippen LogP contribution in [-0.4, -0.2) is 87.4 Å². The molecule has 0 amide bonds. The Morgan fingerprint density at radius 1 is 1.14 bits per heavy atom. The maximum Gasteiger partial charge on any atom is 0.419 e. The number of nitrogens with one attached hydrogen (secondary N) is 1. The van der Waals surface area contributed by atoms with Gasteiger partial charge in [0.15, 0.2) is 0 Å². The van der Waals surface area contributed by atoms with Gasteiger partial charge in [0.2, 0.25) is 5.95 Å². The largest absolute Gasteiger partial charge is 0.494 e. The van der Waals surface area contributed by atoms with E-state index in [0.29, 0.717) is 11.4 Å². The molecule has 2 aromatic rings. The van der Waals surface area contributed by atoms with E-state index in [1.54, 1.807) is 24.7 Å². The van der Waals surface area contributed by atoms with Crippen molar-refractivity contribution in [3.63, 3.8) is 0 Å². The minimum Gasteiger partial charge on any atom is -0.494 e. The number of methoxy groups -OCH3 is 1. The van der Waals surface area contributed by atoms with Crippen LogP contribution in [0.25, 0.3) is 0 Å². The van der Waals surface area contributed by atoms with Gasteiger partial charge in [-0.25, -0.2) is 14.3 Å². The molecule has 1 aliphatic carbocycles. The van der Waals surface area contributed by atoms with E-state index in [2.05, 4.69) is 51.7 Å². The Labute approximate surface area is 255 Å². The minimum atomic E-state index is -4.60. The fourth-order valence-electron chi connectivity index (χ4n) is 6.33. The van der Waals surface area contributed by atoms with Crippen LogP contribution in [0.5, 0.6) is 5.75 Å². The highest BCUT2D eigenvalue weighted by atomic mass is 32.2. The van der Waals surface area contributed by atoms with Gasteiger partial charge in [-0.3, -0.25) is 9.11 Å². The topological polar surface area (TPSA) is 73.8 Å². The molecule has 3 atom stereocenters. The third-order valence-electron chi connectivity index (χ3n) is 8.91. The lowest BCUT2D eigenvalue weighted by Gasteiger charge is -2.43. The number of alkyl halides is 3. The summed E-state index contributed by atoms with van der Waals surface area (Å²) in [5, 5.41) is 3.13. The Kier molecular flexibility index (Phi) is 9.93. The fraction of sp³-hybridized carbons (Fsp3) is 0.645. The summed E-state index contributed by atoms with van der Waals surface area (Å²) in [6.07, 6.45) is 1.26. The second-order valence-corrected chi connectivity index (χ2v) is 15.5. The summed E-state index contributed by atoms with van der Waals surface area (Å²) >= 11 is 0. The standard InChI is InChI=1S/C31H47F3N6O2S/c1-21-17-25(28(42-6)19-27(21)39-13-15-40(16-14-39)30(2,3)4)37-29-35-20-23(31(32,33)34)24(36-29)18-22-11-9-10-12-26(22)38(5)43(7,8)41/h17,19-20,22,26H,7,9-16,18H2,1-6,8H3,(H,35,36,37)/t22-,26+,43?/m0/s1. The van der Waals surface area contributed by atoms with Crippen LogP contribution in [0.15, 0.2) is 18.3 Å².